The van der Waals surface area contributed by atoms with Crippen molar-refractivity contribution in [3.63, 3.8) is 0 Å². The number of alkyl halides is 6. The second-order valence-electron chi connectivity index (χ2n) is 4.71. The van der Waals surface area contributed by atoms with Crippen molar-refractivity contribution >= 4 is 32.6 Å². The monoisotopic (exact) mass is 388 g/mol. The standard InChI is InChI=1S/C13H10F6N2O3S/c14-12(15,16)5-23-4-10(22)21-11-20-8-2-1-7(3-9(8)25-11)24-6-13(17,18)19/h1-3H,4-6H2,(H,20,21,22). The highest BCUT2D eigenvalue weighted by atomic mass is 32.1. The largest absolute Gasteiger partial charge is 0.484 e. The molecule has 0 atom stereocenters. The maximum Gasteiger partial charge on any atom is 0.422 e. The highest BCUT2D eigenvalue weighted by Gasteiger charge is 2.29. The number of halogens is 6. The molecule has 1 heterocycles. The Morgan fingerprint density at radius 2 is 1.80 bits per heavy atom. The van der Waals surface area contributed by atoms with E-state index in [1.54, 1.807) is 0 Å². The maximum atomic E-state index is 12.1. The third-order valence-electron chi connectivity index (χ3n) is 2.51. The zero-order valence-corrected chi connectivity index (χ0v) is 13.0. The van der Waals surface area contributed by atoms with Crippen molar-refractivity contribution in [2.24, 2.45) is 0 Å². The van der Waals surface area contributed by atoms with E-state index < -0.39 is 38.1 Å². The maximum absolute atomic E-state index is 12.1. The Morgan fingerprint density at radius 1 is 1.12 bits per heavy atom. The van der Waals surface area contributed by atoms with E-state index >= 15 is 0 Å². The number of amides is 1. The first kappa shape index (κ1) is 19.2. The van der Waals surface area contributed by atoms with Gasteiger partial charge >= 0.3 is 12.4 Å². The summed E-state index contributed by atoms with van der Waals surface area (Å²) in [7, 11) is 0. The lowest BCUT2D eigenvalue weighted by Gasteiger charge is -2.08. The molecular weight excluding hydrogens is 378 g/mol. The van der Waals surface area contributed by atoms with Gasteiger partial charge in [-0.1, -0.05) is 11.3 Å². The molecule has 0 saturated carbocycles. The summed E-state index contributed by atoms with van der Waals surface area (Å²) < 4.78 is 81.3. The summed E-state index contributed by atoms with van der Waals surface area (Å²) >= 11 is 0.930. The lowest BCUT2D eigenvalue weighted by atomic mass is 10.3. The lowest BCUT2D eigenvalue weighted by molar-refractivity contribution is -0.174. The van der Waals surface area contributed by atoms with Gasteiger partial charge in [0.2, 0.25) is 0 Å². The zero-order valence-electron chi connectivity index (χ0n) is 12.2. The van der Waals surface area contributed by atoms with E-state index in [1.165, 1.54) is 18.2 Å². The molecular formula is C13H10F6N2O3S. The first-order valence-corrected chi connectivity index (χ1v) is 7.38. The number of ether oxygens (including phenoxy) is 2. The normalized spacial score (nSPS) is 12.4. The van der Waals surface area contributed by atoms with Crippen LogP contribution in [0.4, 0.5) is 31.5 Å². The molecule has 0 spiro atoms. The number of rotatable bonds is 6. The minimum atomic E-state index is -4.54. The van der Waals surface area contributed by atoms with Gasteiger partial charge in [0, 0.05) is 0 Å². The van der Waals surface area contributed by atoms with Crippen molar-refractivity contribution in [3.8, 4) is 5.75 Å². The van der Waals surface area contributed by atoms with Crippen LogP contribution in [0.2, 0.25) is 0 Å². The van der Waals surface area contributed by atoms with E-state index in [0.717, 1.165) is 11.3 Å². The van der Waals surface area contributed by atoms with Crippen LogP contribution in [-0.4, -0.2) is 43.1 Å². The van der Waals surface area contributed by atoms with Crippen LogP contribution in [0.5, 0.6) is 5.75 Å². The molecule has 1 aromatic carbocycles. The van der Waals surface area contributed by atoms with Crippen LogP contribution in [-0.2, 0) is 9.53 Å². The molecule has 1 amide bonds. The number of nitrogens with zero attached hydrogens (tertiary/aromatic N) is 1. The van der Waals surface area contributed by atoms with Gasteiger partial charge in [-0.3, -0.25) is 10.1 Å². The fourth-order valence-electron chi connectivity index (χ4n) is 1.63. The predicted octanol–water partition coefficient (Wildman–Crippen LogP) is 3.75. The number of hydrogen-bond donors (Lipinski definition) is 1. The van der Waals surface area contributed by atoms with Gasteiger partial charge < -0.3 is 9.47 Å². The van der Waals surface area contributed by atoms with E-state index in [0.29, 0.717) is 10.2 Å². The Bertz CT molecular complexity index is 743. The molecule has 5 nitrogen and oxygen atoms in total. The molecule has 2 aromatic rings. The van der Waals surface area contributed by atoms with Gasteiger partial charge in [0.05, 0.1) is 10.2 Å². The average molecular weight is 388 g/mol. The summed E-state index contributed by atoms with van der Waals surface area (Å²) in [5.74, 6) is -0.864. The molecule has 138 valence electrons. The molecule has 1 N–H and O–H groups in total. The van der Waals surface area contributed by atoms with Gasteiger partial charge in [0.25, 0.3) is 5.91 Å². The molecule has 0 saturated heterocycles. The summed E-state index contributed by atoms with van der Waals surface area (Å²) in [6.45, 7) is -3.81. The van der Waals surface area contributed by atoms with Crippen molar-refractivity contribution in [1.29, 1.82) is 0 Å². The lowest BCUT2D eigenvalue weighted by Crippen LogP contribution is -2.23. The summed E-state index contributed by atoms with van der Waals surface area (Å²) in [5.41, 5.74) is 0.385. The minimum Gasteiger partial charge on any atom is -0.484 e. The van der Waals surface area contributed by atoms with Gasteiger partial charge in [0.15, 0.2) is 11.7 Å². The third kappa shape index (κ3) is 6.74. The number of aromatic nitrogens is 1. The topological polar surface area (TPSA) is 60.5 Å². The van der Waals surface area contributed by atoms with E-state index in [4.69, 9.17) is 0 Å². The van der Waals surface area contributed by atoms with Gasteiger partial charge in [-0.25, -0.2) is 4.98 Å². The fraction of sp³-hybridized carbons (Fsp3) is 0.385. The number of carbonyl (C=O) groups excluding carboxylic acids is 1. The van der Waals surface area contributed by atoms with E-state index in [1.807, 2.05) is 0 Å². The number of anilines is 1. The highest BCUT2D eigenvalue weighted by Crippen LogP contribution is 2.30. The first-order valence-electron chi connectivity index (χ1n) is 6.56. The van der Waals surface area contributed by atoms with Gasteiger partial charge in [-0.05, 0) is 18.2 Å². The van der Waals surface area contributed by atoms with Crippen molar-refractivity contribution in [2.75, 3.05) is 25.1 Å². The van der Waals surface area contributed by atoms with Crippen LogP contribution in [0.1, 0.15) is 0 Å². The number of carbonyl (C=O) groups is 1. The van der Waals surface area contributed by atoms with E-state index in [2.05, 4.69) is 19.8 Å². The number of hydrogen-bond acceptors (Lipinski definition) is 5. The fourth-order valence-corrected chi connectivity index (χ4v) is 2.54. The van der Waals surface area contributed by atoms with Crippen LogP contribution in [0.25, 0.3) is 10.2 Å². The number of fused-ring (bicyclic) bond motifs is 1. The Kier molecular flexibility index (Phi) is 5.72. The molecule has 0 unspecified atom stereocenters. The molecule has 1 aromatic heterocycles. The Morgan fingerprint density at radius 3 is 2.44 bits per heavy atom. The summed E-state index contributed by atoms with van der Waals surface area (Å²) in [6, 6.07) is 3.99. The SMILES string of the molecule is O=C(COCC(F)(F)F)Nc1nc2ccc(OCC(F)(F)F)cc2s1. The molecule has 2 rings (SSSR count). The second-order valence-corrected chi connectivity index (χ2v) is 5.74. The van der Waals surface area contributed by atoms with Crippen molar-refractivity contribution in [2.45, 2.75) is 12.4 Å². The average Bonchev–Trinajstić information content (AvgIpc) is 2.84. The molecule has 0 bridgehead atoms. The molecule has 0 aliphatic heterocycles. The van der Waals surface area contributed by atoms with Crippen LogP contribution in [0, 0.1) is 0 Å². The second kappa shape index (κ2) is 7.44. The predicted molar refractivity (Wildman–Crippen MR) is 76.7 cm³/mol. The molecule has 25 heavy (non-hydrogen) atoms. The van der Waals surface area contributed by atoms with Crippen molar-refractivity contribution in [1.82, 2.24) is 4.98 Å². The molecule has 0 fully saturated rings. The third-order valence-corrected chi connectivity index (χ3v) is 3.44. The van der Waals surface area contributed by atoms with Gasteiger partial charge in [-0.15, -0.1) is 0 Å². The Labute approximate surface area is 140 Å². The highest BCUT2D eigenvalue weighted by molar-refractivity contribution is 7.22. The smallest absolute Gasteiger partial charge is 0.422 e. The van der Waals surface area contributed by atoms with Crippen LogP contribution < -0.4 is 10.1 Å². The van der Waals surface area contributed by atoms with Crippen LogP contribution in [0.15, 0.2) is 18.2 Å². The number of thiazole rings is 1. The molecule has 0 aliphatic carbocycles. The van der Waals surface area contributed by atoms with Crippen molar-refractivity contribution in [3.05, 3.63) is 18.2 Å². The van der Waals surface area contributed by atoms with Gasteiger partial charge in [-0.2, -0.15) is 26.3 Å². The zero-order chi connectivity index (χ0) is 18.7. The van der Waals surface area contributed by atoms with Crippen LogP contribution >= 0.6 is 11.3 Å². The quantitative estimate of drug-likeness (QED) is 0.766. The first-order chi connectivity index (χ1) is 11.5. The number of benzene rings is 1. The number of nitrogens with one attached hydrogen (secondary N) is 1. The van der Waals surface area contributed by atoms with Gasteiger partial charge in [0.1, 0.15) is 19.0 Å². The molecule has 0 aliphatic rings. The molecule has 0 radical (unpaired) electrons. The van der Waals surface area contributed by atoms with Crippen molar-refractivity contribution < 1.29 is 40.6 Å². The van der Waals surface area contributed by atoms with E-state index in [9.17, 15) is 31.1 Å². The Balaban J connectivity index is 1.95. The summed E-state index contributed by atoms with van der Waals surface area (Å²) in [6.07, 6.45) is -9.01. The minimum absolute atomic E-state index is 0.0279. The van der Waals surface area contributed by atoms with E-state index in [-0.39, 0.29) is 10.9 Å². The summed E-state index contributed by atoms with van der Waals surface area (Å²) in [5, 5.41) is 2.32. The molecule has 12 heteroatoms. The summed E-state index contributed by atoms with van der Waals surface area (Å²) in [4.78, 5) is 15.5. The Hall–Kier alpha value is -2.08. The van der Waals surface area contributed by atoms with Crippen LogP contribution in [0.3, 0.4) is 0 Å².